The van der Waals surface area contributed by atoms with Crippen LogP contribution in [0.5, 0.6) is 0 Å². The van der Waals surface area contributed by atoms with Gasteiger partial charge in [0.1, 0.15) is 0 Å². The second kappa shape index (κ2) is 14.4. The number of benzene rings is 2. The zero-order valence-corrected chi connectivity index (χ0v) is 24.8. The molecular formula is C30H32N7O7P. The van der Waals surface area contributed by atoms with Gasteiger partial charge in [-0.15, -0.1) is 0 Å². The Hall–Kier alpha value is -4.72. The lowest BCUT2D eigenvalue weighted by atomic mass is 10.1. The molecule has 0 bridgehead atoms. The van der Waals surface area contributed by atoms with E-state index in [1.165, 1.54) is 23.1 Å². The highest BCUT2D eigenvalue weighted by Gasteiger charge is 2.23. The predicted octanol–water partition coefficient (Wildman–Crippen LogP) is 4.16. The highest BCUT2D eigenvalue weighted by Crippen LogP contribution is 2.35. The van der Waals surface area contributed by atoms with Crippen molar-refractivity contribution in [2.75, 3.05) is 43.6 Å². The first-order valence-corrected chi connectivity index (χ1v) is 15.3. The van der Waals surface area contributed by atoms with Crippen molar-refractivity contribution in [1.82, 2.24) is 24.8 Å². The number of pyridine rings is 1. The summed E-state index contributed by atoms with van der Waals surface area (Å²) >= 11 is 0. The van der Waals surface area contributed by atoms with Gasteiger partial charge in [-0.25, -0.2) is 23.9 Å². The van der Waals surface area contributed by atoms with Crippen LogP contribution in [0.15, 0.2) is 79.3 Å². The van der Waals surface area contributed by atoms with E-state index in [1.807, 2.05) is 18.2 Å². The molecule has 45 heavy (non-hydrogen) atoms. The van der Waals surface area contributed by atoms with Crippen LogP contribution in [-0.2, 0) is 20.4 Å². The van der Waals surface area contributed by atoms with Gasteiger partial charge < -0.3 is 30.1 Å². The van der Waals surface area contributed by atoms with Crippen LogP contribution in [0.1, 0.15) is 25.6 Å². The van der Waals surface area contributed by atoms with Gasteiger partial charge in [-0.1, -0.05) is 18.2 Å². The third kappa shape index (κ3) is 9.14. The first kappa shape index (κ1) is 27.8. The number of ether oxygens (including phenoxy) is 1. The summed E-state index contributed by atoms with van der Waals surface area (Å²) in [6.45, 7) is -0.923. The van der Waals surface area contributed by atoms with Crippen molar-refractivity contribution in [3.8, 4) is 11.3 Å². The Labute approximate surface area is 263 Å². The highest BCUT2D eigenvalue weighted by atomic mass is 31.2. The fourth-order valence-corrected chi connectivity index (χ4v) is 4.68. The number of piperazine rings is 1. The molecule has 0 unspecified atom stereocenters. The van der Waals surface area contributed by atoms with E-state index in [4.69, 9.17) is 18.6 Å². The Balaban J connectivity index is 1.18. The van der Waals surface area contributed by atoms with Crippen LogP contribution in [0.3, 0.4) is 0 Å². The Morgan fingerprint density at radius 2 is 1.84 bits per heavy atom. The minimum absolute atomic E-state index is 0.0341. The van der Waals surface area contributed by atoms with Crippen LogP contribution in [0.25, 0.3) is 11.3 Å². The van der Waals surface area contributed by atoms with Gasteiger partial charge in [-0.3, -0.25) is 14.7 Å². The van der Waals surface area contributed by atoms with Crippen molar-refractivity contribution in [3.05, 3.63) is 95.9 Å². The zero-order chi connectivity index (χ0) is 34.3. The smallest absolute Gasteiger partial charge is 0.422 e. The fraction of sp³-hybridized carbons (Fsp3) is 0.233. The maximum absolute atomic E-state index is 13.1. The second-order valence-corrected chi connectivity index (χ2v) is 11.2. The Morgan fingerprint density at radius 3 is 2.56 bits per heavy atom. The largest absolute Gasteiger partial charge is 0.472 e. The quantitative estimate of drug-likeness (QED) is 0.144. The van der Waals surface area contributed by atoms with Crippen molar-refractivity contribution in [1.29, 1.82) is 0 Å². The summed E-state index contributed by atoms with van der Waals surface area (Å²) in [5.41, 5.74) is 3.32. The standard InChI is InChI=1S/C30H32N7O7P/c1-21-4-9-25(17-27(21)35-29-32-12-10-26(34-29)24-3-2-11-31-18-24)33-28(38)23-7-5-22(6-8-23)19-36-13-15-37(16-14-36)30(39)43-20-44-45(40,41)42/h2-12,17-18H,13-16,19-20H2,1H3,(H,33,38)(H,32,34,35)(H2,40,41,42)/i1D3. The first-order valence-electron chi connectivity index (χ1n) is 15.2. The first-order chi connectivity index (χ1) is 22.8. The van der Waals surface area contributed by atoms with Crippen LogP contribution < -0.4 is 10.6 Å². The molecule has 5 rings (SSSR count). The van der Waals surface area contributed by atoms with Crippen LogP contribution in [0.2, 0.25) is 0 Å². The van der Waals surface area contributed by atoms with E-state index in [9.17, 15) is 14.2 Å². The summed E-state index contributed by atoms with van der Waals surface area (Å²) in [5.74, 6) is -0.214. The molecule has 14 nitrogen and oxygen atoms in total. The molecule has 234 valence electrons. The van der Waals surface area contributed by atoms with Gasteiger partial charge in [0.2, 0.25) is 12.7 Å². The predicted molar refractivity (Wildman–Crippen MR) is 165 cm³/mol. The van der Waals surface area contributed by atoms with Crippen molar-refractivity contribution in [2.45, 2.75) is 13.4 Å². The van der Waals surface area contributed by atoms with Crippen molar-refractivity contribution < 1.29 is 37.3 Å². The Morgan fingerprint density at radius 1 is 1.04 bits per heavy atom. The van der Waals surface area contributed by atoms with Gasteiger partial charge in [-0.05, 0) is 60.4 Å². The molecule has 2 amide bonds. The monoisotopic (exact) mass is 636 g/mol. The molecule has 0 radical (unpaired) electrons. The molecule has 1 aliphatic rings. The SMILES string of the molecule is [2H]C([2H])([2H])c1ccc(NC(=O)c2ccc(CN3CCN(C(=O)OCOP(=O)(O)O)CC3)cc2)cc1Nc1nccc(-c2cccnc2)n1. The van der Waals surface area contributed by atoms with Gasteiger partial charge in [0.15, 0.2) is 0 Å². The molecular weight excluding hydrogens is 601 g/mol. The molecule has 4 N–H and O–H groups in total. The van der Waals surface area contributed by atoms with Gasteiger partial charge in [0.25, 0.3) is 5.91 Å². The van der Waals surface area contributed by atoms with Crippen molar-refractivity contribution in [3.63, 3.8) is 0 Å². The number of amides is 2. The second-order valence-electron chi connectivity index (χ2n) is 9.95. The summed E-state index contributed by atoms with van der Waals surface area (Å²) in [6.07, 6.45) is 4.13. The van der Waals surface area contributed by atoms with E-state index in [0.29, 0.717) is 49.7 Å². The molecule has 0 saturated carbocycles. The van der Waals surface area contributed by atoms with Crippen LogP contribution >= 0.6 is 7.82 Å². The number of phosphoric ester groups is 1. The lowest BCUT2D eigenvalue weighted by Crippen LogP contribution is -2.48. The molecule has 3 heterocycles. The number of anilines is 3. The number of nitrogens with zero attached hydrogens (tertiary/aromatic N) is 5. The molecule has 2 aromatic heterocycles. The number of aryl methyl sites for hydroxylation is 1. The maximum Gasteiger partial charge on any atom is 0.472 e. The van der Waals surface area contributed by atoms with E-state index in [2.05, 4.69) is 35.0 Å². The van der Waals surface area contributed by atoms with Gasteiger partial charge in [0.05, 0.1) is 5.69 Å². The fourth-order valence-electron chi connectivity index (χ4n) is 4.49. The molecule has 0 spiro atoms. The van der Waals surface area contributed by atoms with Gasteiger partial charge >= 0.3 is 13.9 Å². The number of rotatable bonds is 10. The topological polar surface area (TPSA) is 179 Å². The summed E-state index contributed by atoms with van der Waals surface area (Å²) in [5, 5.41) is 5.81. The van der Waals surface area contributed by atoms with Gasteiger partial charge in [-0.2, -0.15) is 0 Å². The summed E-state index contributed by atoms with van der Waals surface area (Å²) in [7, 11) is -4.73. The summed E-state index contributed by atoms with van der Waals surface area (Å²) < 4.78 is 43.6. The summed E-state index contributed by atoms with van der Waals surface area (Å²) in [4.78, 5) is 58.9. The van der Waals surface area contributed by atoms with E-state index < -0.39 is 27.6 Å². The number of hydrogen-bond donors (Lipinski definition) is 4. The molecule has 1 saturated heterocycles. The third-order valence-corrected chi connectivity index (χ3v) is 7.23. The van der Waals surface area contributed by atoms with Crippen LogP contribution in [-0.4, -0.2) is 79.5 Å². The maximum atomic E-state index is 13.1. The van der Waals surface area contributed by atoms with Crippen molar-refractivity contribution in [2.24, 2.45) is 0 Å². The molecule has 0 aliphatic carbocycles. The minimum atomic E-state index is -4.73. The van der Waals surface area contributed by atoms with Crippen LogP contribution in [0, 0.1) is 6.85 Å². The zero-order valence-electron chi connectivity index (χ0n) is 26.9. The van der Waals surface area contributed by atoms with Crippen LogP contribution in [0.4, 0.5) is 22.1 Å². The van der Waals surface area contributed by atoms with E-state index >= 15 is 0 Å². The minimum Gasteiger partial charge on any atom is -0.422 e. The molecule has 2 aromatic carbocycles. The lowest BCUT2D eigenvalue weighted by Gasteiger charge is -2.34. The lowest BCUT2D eigenvalue weighted by molar-refractivity contribution is 0.0119. The highest BCUT2D eigenvalue weighted by molar-refractivity contribution is 7.46. The number of hydrogen-bond acceptors (Lipinski definition) is 10. The Bertz CT molecular complexity index is 1790. The molecule has 0 atom stereocenters. The average molecular weight is 637 g/mol. The number of carbonyl (C=O) groups is 2. The normalized spacial score (nSPS) is 15.0. The van der Waals surface area contributed by atoms with Crippen molar-refractivity contribution >= 4 is 37.1 Å². The van der Waals surface area contributed by atoms with E-state index in [0.717, 1.165) is 11.1 Å². The van der Waals surface area contributed by atoms with E-state index in [1.54, 1.807) is 42.9 Å². The average Bonchev–Trinajstić information content (AvgIpc) is 3.05. The molecule has 4 aromatic rings. The number of phosphoric acid groups is 1. The van der Waals surface area contributed by atoms with Gasteiger partial charge in [0, 0.05) is 77.9 Å². The molecule has 1 aliphatic heterocycles. The summed E-state index contributed by atoms with van der Waals surface area (Å²) in [6, 6.07) is 16.8. The molecule has 15 heteroatoms. The Kier molecular flexibility index (Phi) is 8.88. The number of carbonyl (C=O) groups excluding carboxylic acids is 2. The van der Waals surface area contributed by atoms with E-state index in [-0.39, 0.29) is 23.1 Å². The molecule has 1 fully saturated rings. The number of aromatic nitrogens is 3. The number of nitrogens with one attached hydrogen (secondary N) is 2. The third-order valence-electron chi connectivity index (χ3n) is 6.79.